The van der Waals surface area contributed by atoms with Crippen molar-refractivity contribution in [3.63, 3.8) is 0 Å². The van der Waals surface area contributed by atoms with Gasteiger partial charge in [-0.2, -0.15) is 0 Å². The Hall–Kier alpha value is -4.79. The SMILES string of the molecule is O=C(CCCC(=O)N1Cc2ccccc2C#Cc2ccccc21)NCCOCCOCCC(=O)NCCN1C(=O)C=CC1=O. The third kappa shape index (κ3) is 9.62. The van der Waals surface area contributed by atoms with E-state index in [-0.39, 0.29) is 68.5 Å². The zero-order valence-corrected chi connectivity index (χ0v) is 24.5. The van der Waals surface area contributed by atoms with Crippen molar-refractivity contribution in [2.24, 2.45) is 0 Å². The van der Waals surface area contributed by atoms with Crippen molar-refractivity contribution < 1.29 is 33.4 Å². The first-order valence-corrected chi connectivity index (χ1v) is 14.6. The molecule has 2 aliphatic heterocycles. The number of hydrogen-bond donors (Lipinski definition) is 2. The van der Waals surface area contributed by atoms with E-state index in [0.29, 0.717) is 39.3 Å². The minimum Gasteiger partial charge on any atom is -0.379 e. The van der Waals surface area contributed by atoms with Crippen LogP contribution >= 0.6 is 0 Å². The van der Waals surface area contributed by atoms with Gasteiger partial charge in [0.1, 0.15) is 0 Å². The number of ether oxygens (including phenoxy) is 2. The molecule has 2 N–H and O–H groups in total. The predicted molar refractivity (Wildman–Crippen MR) is 162 cm³/mol. The van der Waals surface area contributed by atoms with Crippen molar-refractivity contribution in [2.75, 3.05) is 51.0 Å². The molecule has 2 aliphatic rings. The Morgan fingerprint density at radius 2 is 1.36 bits per heavy atom. The van der Waals surface area contributed by atoms with E-state index in [1.165, 1.54) is 12.2 Å². The highest BCUT2D eigenvalue weighted by Gasteiger charge is 2.23. The van der Waals surface area contributed by atoms with Gasteiger partial charge in [-0.3, -0.25) is 28.9 Å². The van der Waals surface area contributed by atoms with Crippen LogP contribution in [-0.4, -0.2) is 80.5 Å². The van der Waals surface area contributed by atoms with Crippen molar-refractivity contribution in [3.8, 4) is 11.8 Å². The fourth-order valence-corrected chi connectivity index (χ4v) is 4.63. The lowest BCUT2D eigenvalue weighted by Gasteiger charge is -2.26. The van der Waals surface area contributed by atoms with Crippen LogP contribution in [-0.2, 0) is 40.0 Å². The maximum atomic E-state index is 13.2. The summed E-state index contributed by atoms with van der Waals surface area (Å²) in [4.78, 5) is 63.1. The number of amides is 5. The number of para-hydroxylation sites is 1. The second-order valence-corrected chi connectivity index (χ2v) is 10.1. The number of carbonyl (C=O) groups is 5. The first-order chi connectivity index (χ1) is 21.4. The van der Waals surface area contributed by atoms with Crippen molar-refractivity contribution >= 4 is 35.2 Å². The van der Waals surface area contributed by atoms with Gasteiger partial charge in [-0.1, -0.05) is 42.2 Å². The maximum Gasteiger partial charge on any atom is 0.253 e. The highest BCUT2D eigenvalue weighted by atomic mass is 16.5. The summed E-state index contributed by atoms with van der Waals surface area (Å²) < 4.78 is 10.8. The van der Waals surface area contributed by atoms with E-state index in [1.54, 1.807) is 4.90 Å². The smallest absolute Gasteiger partial charge is 0.253 e. The Morgan fingerprint density at radius 1 is 0.727 bits per heavy atom. The van der Waals surface area contributed by atoms with Gasteiger partial charge in [0, 0.05) is 62.2 Å². The average molecular weight is 601 g/mol. The van der Waals surface area contributed by atoms with Crippen molar-refractivity contribution in [1.29, 1.82) is 0 Å². The highest BCUT2D eigenvalue weighted by molar-refractivity contribution is 6.12. The summed E-state index contributed by atoms with van der Waals surface area (Å²) in [6.07, 6.45) is 3.43. The third-order valence-electron chi connectivity index (χ3n) is 6.94. The van der Waals surface area contributed by atoms with Gasteiger partial charge in [0.05, 0.1) is 38.7 Å². The lowest BCUT2D eigenvalue weighted by atomic mass is 10.0. The predicted octanol–water partition coefficient (Wildman–Crippen LogP) is 1.68. The molecule has 11 heteroatoms. The minimum atomic E-state index is -0.382. The standard InChI is InChI=1S/C33H36N4O7/c38-29(35-18-21-44-23-22-43-20-16-30(39)34-17-19-36-32(41)14-15-33(36)42)10-5-11-31(40)37-24-27-8-2-1-6-25(27)12-13-26-7-3-4-9-28(26)37/h1-4,6-9,14-15H,5,10-11,16-24H2,(H,34,39)(H,35,38). The first kappa shape index (κ1) is 32.1. The molecule has 44 heavy (non-hydrogen) atoms. The molecule has 2 aromatic carbocycles. The first-order valence-electron chi connectivity index (χ1n) is 14.6. The molecule has 4 rings (SSSR count). The highest BCUT2D eigenvalue weighted by Crippen LogP contribution is 2.26. The van der Waals surface area contributed by atoms with Crippen molar-refractivity contribution in [3.05, 3.63) is 77.4 Å². The molecule has 5 amide bonds. The molecule has 230 valence electrons. The second-order valence-electron chi connectivity index (χ2n) is 10.1. The van der Waals surface area contributed by atoms with E-state index in [0.717, 1.165) is 27.3 Å². The molecule has 0 saturated carbocycles. The number of imide groups is 1. The van der Waals surface area contributed by atoms with Gasteiger partial charge < -0.3 is 25.0 Å². The van der Waals surface area contributed by atoms with Crippen LogP contribution in [0, 0.1) is 11.8 Å². The maximum absolute atomic E-state index is 13.2. The van der Waals surface area contributed by atoms with Crippen LogP contribution in [0.5, 0.6) is 0 Å². The van der Waals surface area contributed by atoms with Gasteiger partial charge in [0.25, 0.3) is 11.8 Å². The minimum absolute atomic E-state index is 0.0582. The lowest BCUT2D eigenvalue weighted by molar-refractivity contribution is -0.137. The molecule has 0 unspecified atom stereocenters. The van der Waals surface area contributed by atoms with E-state index >= 15 is 0 Å². The normalized spacial score (nSPS) is 13.4. The summed E-state index contributed by atoms with van der Waals surface area (Å²) in [5.41, 5.74) is 3.46. The zero-order valence-electron chi connectivity index (χ0n) is 24.5. The molecule has 0 radical (unpaired) electrons. The molecule has 0 spiro atoms. The summed E-state index contributed by atoms with van der Waals surface area (Å²) in [6.45, 7) is 2.18. The van der Waals surface area contributed by atoms with Gasteiger partial charge in [0.2, 0.25) is 17.7 Å². The molecule has 0 bridgehead atoms. The third-order valence-corrected chi connectivity index (χ3v) is 6.94. The Labute approximate surface area is 256 Å². The summed E-state index contributed by atoms with van der Waals surface area (Å²) in [5.74, 6) is 5.18. The van der Waals surface area contributed by atoms with E-state index in [2.05, 4.69) is 22.5 Å². The van der Waals surface area contributed by atoms with E-state index in [4.69, 9.17) is 9.47 Å². The summed E-state index contributed by atoms with van der Waals surface area (Å²) >= 11 is 0. The monoisotopic (exact) mass is 600 g/mol. The Bertz CT molecular complexity index is 1440. The number of fused-ring (bicyclic) bond motifs is 2. The van der Waals surface area contributed by atoms with Crippen LogP contribution in [0.1, 0.15) is 42.4 Å². The molecule has 0 fully saturated rings. The molecule has 2 heterocycles. The van der Waals surface area contributed by atoms with Crippen LogP contribution in [0.15, 0.2) is 60.7 Å². The molecular formula is C33H36N4O7. The van der Waals surface area contributed by atoms with Crippen LogP contribution in [0.3, 0.4) is 0 Å². The van der Waals surface area contributed by atoms with Gasteiger partial charge >= 0.3 is 0 Å². The number of benzene rings is 2. The summed E-state index contributed by atoms with van der Waals surface area (Å²) in [7, 11) is 0. The van der Waals surface area contributed by atoms with Crippen LogP contribution in [0.25, 0.3) is 0 Å². The van der Waals surface area contributed by atoms with Gasteiger partial charge in [0.15, 0.2) is 0 Å². The fourth-order valence-electron chi connectivity index (χ4n) is 4.63. The molecule has 0 aromatic heterocycles. The Balaban J connectivity index is 1.03. The number of carbonyl (C=O) groups excluding carboxylic acids is 5. The zero-order chi connectivity index (χ0) is 31.1. The lowest BCUT2D eigenvalue weighted by Crippen LogP contribution is -2.38. The quantitative estimate of drug-likeness (QED) is 0.170. The number of nitrogens with zero attached hydrogens (tertiary/aromatic N) is 2. The van der Waals surface area contributed by atoms with Crippen molar-refractivity contribution in [1.82, 2.24) is 15.5 Å². The van der Waals surface area contributed by atoms with Gasteiger partial charge in [-0.15, -0.1) is 0 Å². The van der Waals surface area contributed by atoms with Gasteiger partial charge in [-0.05, 0) is 30.2 Å². The number of anilines is 1. The fraction of sp³-hybridized carbons (Fsp3) is 0.364. The molecule has 0 atom stereocenters. The van der Waals surface area contributed by atoms with E-state index in [1.807, 2.05) is 48.5 Å². The molecule has 0 saturated heterocycles. The average Bonchev–Trinajstić information content (AvgIpc) is 3.33. The topological polar surface area (TPSA) is 134 Å². The second kappa shape index (κ2) is 16.7. The number of hydrogen-bond acceptors (Lipinski definition) is 7. The van der Waals surface area contributed by atoms with E-state index < -0.39 is 0 Å². The Kier molecular flexibility index (Phi) is 12.2. The largest absolute Gasteiger partial charge is 0.379 e. The Morgan fingerprint density at radius 3 is 2.16 bits per heavy atom. The van der Waals surface area contributed by atoms with Crippen LogP contribution < -0.4 is 15.5 Å². The molecular weight excluding hydrogens is 564 g/mol. The summed E-state index contributed by atoms with van der Waals surface area (Å²) in [5, 5.41) is 5.43. The van der Waals surface area contributed by atoms with E-state index in [9.17, 15) is 24.0 Å². The van der Waals surface area contributed by atoms with Crippen LogP contribution in [0.4, 0.5) is 5.69 Å². The summed E-state index contributed by atoms with van der Waals surface area (Å²) in [6, 6.07) is 15.4. The molecule has 11 nitrogen and oxygen atoms in total. The molecule has 0 aliphatic carbocycles. The number of rotatable bonds is 16. The number of nitrogens with one attached hydrogen (secondary N) is 2. The molecule has 2 aromatic rings. The van der Waals surface area contributed by atoms with Crippen LogP contribution in [0.2, 0.25) is 0 Å². The van der Waals surface area contributed by atoms with Crippen molar-refractivity contribution in [2.45, 2.75) is 32.2 Å². The van der Waals surface area contributed by atoms with Gasteiger partial charge in [-0.25, -0.2) is 0 Å².